The minimum Gasteiger partial charge on any atom is -0.349 e. The normalized spacial score (nSPS) is 17.0. The molecule has 0 unspecified atom stereocenters. The topological polar surface area (TPSA) is 121 Å². The fraction of sp³-hybridized carbons (Fsp3) is 0.316. The summed E-state index contributed by atoms with van der Waals surface area (Å²) < 4.78 is 55.0. The van der Waals surface area contributed by atoms with Gasteiger partial charge in [-0.3, -0.25) is 9.52 Å². The number of amides is 1. The van der Waals surface area contributed by atoms with Crippen molar-refractivity contribution < 1.29 is 21.6 Å². The van der Waals surface area contributed by atoms with Gasteiger partial charge in [-0.25, -0.2) is 21.6 Å². The summed E-state index contributed by atoms with van der Waals surface area (Å²) in [6.45, 7) is 0. The van der Waals surface area contributed by atoms with Gasteiger partial charge in [0, 0.05) is 23.3 Å². The van der Waals surface area contributed by atoms with Crippen molar-refractivity contribution >= 4 is 31.6 Å². The molecule has 3 N–H and O–H groups in total. The molecule has 0 aromatic heterocycles. The lowest BCUT2D eigenvalue weighted by atomic mass is 10.2. The monoisotopic (exact) mass is 435 g/mol. The maximum atomic E-state index is 12.7. The maximum absolute atomic E-state index is 12.7. The first kappa shape index (κ1) is 19.9. The van der Waals surface area contributed by atoms with E-state index in [9.17, 15) is 21.6 Å². The van der Waals surface area contributed by atoms with E-state index in [1.807, 2.05) is 0 Å². The molecule has 2 fully saturated rings. The van der Waals surface area contributed by atoms with E-state index >= 15 is 0 Å². The Morgan fingerprint density at radius 1 is 0.793 bits per heavy atom. The molecular formula is C19H21N3O5S2. The smallest absolute Gasteiger partial charge is 0.261 e. The first-order valence-corrected chi connectivity index (χ1v) is 12.3. The van der Waals surface area contributed by atoms with Crippen LogP contribution in [-0.2, 0) is 20.0 Å². The zero-order valence-electron chi connectivity index (χ0n) is 15.5. The molecule has 4 rings (SSSR count). The maximum Gasteiger partial charge on any atom is 0.261 e. The molecule has 0 saturated heterocycles. The summed E-state index contributed by atoms with van der Waals surface area (Å²) in [6.07, 6.45) is 3.53. The largest absolute Gasteiger partial charge is 0.349 e. The lowest BCUT2D eigenvalue weighted by molar-refractivity contribution is 0.0951. The molecule has 0 spiro atoms. The van der Waals surface area contributed by atoms with Gasteiger partial charge in [-0.05, 0) is 68.1 Å². The van der Waals surface area contributed by atoms with Crippen LogP contribution in [0.15, 0.2) is 58.3 Å². The number of benzene rings is 2. The highest BCUT2D eigenvalue weighted by molar-refractivity contribution is 7.93. The fourth-order valence-corrected chi connectivity index (χ4v) is 5.23. The second-order valence-corrected chi connectivity index (χ2v) is 10.7. The van der Waals surface area contributed by atoms with E-state index in [1.165, 1.54) is 42.5 Å². The Bertz CT molecular complexity index is 1140. The molecule has 154 valence electrons. The zero-order chi connectivity index (χ0) is 20.6. The third-order valence-corrected chi connectivity index (χ3v) is 7.53. The number of nitrogens with one attached hydrogen (secondary N) is 3. The van der Waals surface area contributed by atoms with Crippen LogP contribution >= 0.6 is 0 Å². The van der Waals surface area contributed by atoms with E-state index in [1.54, 1.807) is 0 Å². The predicted molar refractivity (Wildman–Crippen MR) is 108 cm³/mol. The molecule has 29 heavy (non-hydrogen) atoms. The second-order valence-electron chi connectivity index (χ2n) is 7.30. The third-order valence-electron chi connectivity index (χ3n) is 4.64. The van der Waals surface area contributed by atoms with Gasteiger partial charge in [-0.15, -0.1) is 0 Å². The lowest BCUT2D eigenvalue weighted by Gasteiger charge is -2.11. The van der Waals surface area contributed by atoms with Gasteiger partial charge in [-0.2, -0.15) is 0 Å². The number of carbonyl (C=O) groups excluding carboxylic acids is 1. The molecular weight excluding hydrogens is 414 g/mol. The molecule has 0 radical (unpaired) electrons. The van der Waals surface area contributed by atoms with Crippen molar-refractivity contribution in [1.29, 1.82) is 0 Å². The van der Waals surface area contributed by atoms with Crippen molar-refractivity contribution in [3.05, 3.63) is 54.1 Å². The summed E-state index contributed by atoms with van der Waals surface area (Å²) in [5.74, 6) is -0.192. The van der Waals surface area contributed by atoms with E-state index in [-0.39, 0.29) is 33.5 Å². The van der Waals surface area contributed by atoms with Gasteiger partial charge in [-0.1, -0.05) is 6.07 Å². The molecule has 0 aliphatic heterocycles. The van der Waals surface area contributed by atoms with Crippen LogP contribution in [-0.4, -0.2) is 34.8 Å². The SMILES string of the molecule is O=C(NC1CC1)c1ccc(NS(=O)(=O)c2cccc(S(=O)(=O)NC3CC3)c2)cc1. The van der Waals surface area contributed by atoms with Gasteiger partial charge >= 0.3 is 0 Å². The summed E-state index contributed by atoms with van der Waals surface area (Å²) >= 11 is 0. The Morgan fingerprint density at radius 2 is 1.38 bits per heavy atom. The Balaban J connectivity index is 1.49. The Hall–Kier alpha value is -2.43. The number of carbonyl (C=O) groups is 1. The molecule has 8 nitrogen and oxygen atoms in total. The third kappa shape index (κ3) is 4.95. The second kappa shape index (κ2) is 7.43. The van der Waals surface area contributed by atoms with Gasteiger partial charge in [0.05, 0.1) is 9.79 Å². The predicted octanol–water partition coefficient (Wildman–Crippen LogP) is 1.82. The van der Waals surface area contributed by atoms with Crippen LogP contribution in [0.4, 0.5) is 5.69 Å². The molecule has 2 aliphatic carbocycles. The van der Waals surface area contributed by atoms with E-state index < -0.39 is 20.0 Å². The summed E-state index contributed by atoms with van der Waals surface area (Å²) in [7, 11) is -7.75. The Morgan fingerprint density at radius 3 is 1.97 bits per heavy atom. The highest BCUT2D eigenvalue weighted by Gasteiger charge is 2.29. The molecule has 0 bridgehead atoms. The minimum atomic E-state index is -3.99. The van der Waals surface area contributed by atoms with Crippen molar-refractivity contribution in [1.82, 2.24) is 10.0 Å². The van der Waals surface area contributed by atoms with Crippen LogP contribution in [0.1, 0.15) is 36.0 Å². The lowest BCUT2D eigenvalue weighted by Crippen LogP contribution is -2.26. The van der Waals surface area contributed by atoms with Crippen molar-refractivity contribution in [2.45, 2.75) is 47.6 Å². The van der Waals surface area contributed by atoms with Crippen LogP contribution in [0.2, 0.25) is 0 Å². The summed E-state index contributed by atoms with van der Waals surface area (Å²) in [4.78, 5) is 11.8. The van der Waals surface area contributed by atoms with Gasteiger partial charge in [0.1, 0.15) is 0 Å². The van der Waals surface area contributed by atoms with E-state index in [0.29, 0.717) is 5.56 Å². The average molecular weight is 436 g/mol. The average Bonchev–Trinajstić information content (AvgIpc) is 3.60. The highest BCUT2D eigenvalue weighted by Crippen LogP contribution is 2.24. The summed E-state index contributed by atoms with van der Waals surface area (Å²) in [5.41, 5.74) is 0.719. The van der Waals surface area contributed by atoms with Crippen LogP contribution < -0.4 is 14.8 Å². The Labute approximate surface area is 169 Å². The molecule has 2 saturated carbocycles. The molecule has 2 aromatic rings. The van der Waals surface area contributed by atoms with E-state index in [0.717, 1.165) is 31.7 Å². The zero-order valence-corrected chi connectivity index (χ0v) is 17.1. The van der Waals surface area contributed by atoms with Crippen LogP contribution in [0.3, 0.4) is 0 Å². The molecule has 1 amide bonds. The summed E-state index contributed by atoms with van der Waals surface area (Å²) in [6, 6.07) is 11.4. The van der Waals surface area contributed by atoms with Crippen molar-refractivity contribution in [2.24, 2.45) is 0 Å². The first-order valence-electron chi connectivity index (χ1n) is 9.29. The van der Waals surface area contributed by atoms with Gasteiger partial charge in [0.2, 0.25) is 10.0 Å². The number of anilines is 1. The minimum absolute atomic E-state index is 0.0750. The van der Waals surface area contributed by atoms with Crippen LogP contribution in [0.5, 0.6) is 0 Å². The van der Waals surface area contributed by atoms with Gasteiger partial charge < -0.3 is 5.32 Å². The molecule has 0 heterocycles. The Kier molecular flexibility index (Phi) is 5.09. The highest BCUT2D eigenvalue weighted by atomic mass is 32.2. The fourth-order valence-electron chi connectivity index (χ4n) is 2.70. The van der Waals surface area contributed by atoms with Crippen LogP contribution in [0, 0.1) is 0 Å². The number of hydrogen-bond acceptors (Lipinski definition) is 5. The van der Waals surface area contributed by atoms with E-state index in [2.05, 4.69) is 14.8 Å². The van der Waals surface area contributed by atoms with Gasteiger partial charge in [0.25, 0.3) is 15.9 Å². The molecule has 2 aromatic carbocycles. The van der Waals surface area contributed by atoms with Gasteiger partial charge in [0.15, 0.2) is 0 Å². The summed E-state index contributed by atoms with van der Waals surface area (Å²) in [5, 5.41) is 2.86. The van der Waals surface area contributed by atoms with Crippen molar-refractivity contribution in [3.63, 3.8) is 0 Å². The standard InChI is InChI=1S/C19H21N3O5S2/c23-19(20-14-8-9-14)13-4-6-15(7-5-13)21-28(24,25)17-2-1-3-18(12-17)29(26,27)22-16-10-11-16/h1-7,12,14,16,21-22H,8-11H2,(H,20,23). The number of rotatable bonds is 8. The first-order chi connectivity index (χ1) is 13.7. The van der Waals surface area contributed by atoms with Crippen LogP contribution in [0.25, 0.3) is 0 Å². The number of hydrogen-bond donors (Lipinski definition) is 3. The van der Waals surface area contributed by atoms with E-state index in [4.69, 9.17) is 0 Å². The number of sulfonamides is 2. The quantitative estimate of drug-likeness (QED) is 0.584. The molecule has 10 heteroatoms. The van der Waals surface area contributed by atoms with Crippen molar-refractivity contribution in [2.75, 3.05) is 4.72 Å². The molecule has 0 atom stereocenters. The van der Waals surface area contributed by atoms with Crippen molar-refractivity contribution in [3.8, 4) is 0 Å². The molecule has 2 aliphatic rings.